The zero-order chi connectivity index (χ0) is 13.1. The minimum Gasteiger partial charge on any atom is -0.294 e. The molecule has 0 aliphatic carbocycles. The van der Waals surface area contributed by atoms with E-state index in [-0.39, 0.29) is 17.8 Å². The van der Waals surface area contributed by atoms with E-state index >= 15 is 0 Å². The molecular weight excluding hydrogens is 258 g/mol. The van der Waals surface area contributed by atoms with Crippen molar-refractivity contribution in [3.05, 3.63) is 70.2 Å². The summed E-state index contributed by atoms with van der Waals surface area (Å²) in [6.45, 7) is 0. The number of carbonyl (C=O) groups is 1. The molecule has 0 radical (unpaired) electrons. The highest BCUT2D eigenvalue weighted by Gasteiger charge is 2.13. The van der Waals surface area contributed by atoms with Gasteiger partial charge in [-0.15, -0.1) is 0 Å². The summed E-state index contributed by atoms with van der Waals surface area (Å²) in [6, 6.07) is 10.1. The van der Waals surface area contributed by atoms with Gasteiger partial charge in [-0.2, -0.15) is 0 Å². The van der Waals surface area contributed by atoms with Crippen LogP contribution in [-0.2, 0) is 6.42 Å². The van der Waals surface area contributed by atoms with Gasteiger partial charge >= 0.3 is 0 Å². The van der Waals surface area contributed by atoms with E-state index < -0.39 is 11.6 Å². The third kappa shape index (κ3) is 2.74. The van der Waals surface area contributed by atoms with Crippen LogP contribution in [0.15, 0.2) is 42.5 Å². The Labute approximate surface area is 108 Å². The van der Waals surface area contributed by atoms with E-state index in [9.17, 15) is 13.6 Å². The maximum Gasteiger partial charge on any atom is 0.167 e. The largest absolute Gasteiger partial charge is 0.294 e. The number of Topliss-reactive ketones (excluding diaryl/α,β-unsaturated/α-hetero) is 1. The van der Waals surface area contributed by atoms with Gasteiger partial charge in [-0.25, -0.2) is 8.78 Å². The van der Waals surface area contributed by atoms with Gasteiger partial charge in [0.15, 0.2) is 17.4 Å². The minimum absolute atomic E-state index is 0.0416. The number of hydrogen-bond acceptors (Lipinski definition) is 1. The van der Waals surface area contributed by atoms with Crippen molar-refractivity contribution in [2.24, 2.45) is 0 Å². The first kappa shape index (κ1) is 12.7. The highest BCUT2D eigenvalue weighted by Crippen LogP contribution is 2.16. The standard InChI is InChI=1S/C14H9ClF2O/c15-11-5-1-3-9(7-11)13(18)8-10-4-2-6-12(16)14(10)17/h1-7H,8H2. The number of halogens is 3. The van der Waals surface area contributed by atoms with Gasteiger partial charge in [0, 0.05) is 17.0 Å². The molecule has 0 N–H and O–H groups in total. The topological polar surface area (TPSA) is 17.1 Å². The molecule has 1 nitrogen and oxygen atoms in total. The van der Waals surface area contributed by atoms with Crippen LogP contribution in [0.1, 0.15) is 15.9 Å². The minimum atomic E-state index is -0.979. The first-order valence-corrected chi connectivity index (χ1v) is 5.67. The molecule has 0 fully saturated rings. The predicted molar refractivity (Wildman–Crippen MR) is 65.8 cm³/mol. The Morgan fingerprint density at radius 1 is 1.11 bits per heavy atom. The smallest absolute Gasteiger partial charge is 0.167 e. The molecule has 0 heterocycles. The second-order valence-corrected chi connectivity index (χ2v) is 4.26. The molecule has 0 aliphatic heterocycles. The Hall–Kier alpha value is -1.74. The van der Waals surface area contributed by atoms with E-state index in [1.807, 2.05) is 0 Å². The average molecular weight is 267 g/mol. The SMILES string of the molecule is O=C(Cc1cccc(F)c1F)c1cccc(Cl)c1. The maximum absolute atomic E-state index is 13.4. The molecule has 2 aromatic carbocycles. The Morgan fingerprint density at radius 3 is 2.56 bits per heavy atom. The summed E-state index contributed by atoms with van der Waals surface area (Å²) in [6.07, 6.45) is -0.191. The van der Waals surface area contributed by atoms with Crippen molar-refractivity contribution in [3.8, 4) is 0 Å². The number of rotatable bonds is 3. The molecule has 0 aromatic heterocycles. The van der Waals surface area contributed by atoms with E-state index in [4.69, 9.17) is 11.6 Å². The summed E-state index contributed by atoms with van der Waals surface area (Å²) in [5, 5.41) is 0.431. The lowest BCUT2D eigenvalue weighted by atomic mass is 10.0. The molecule has 0 aliphatic rings. The molecule has 2 rings (SSSR count). The second-order valence-electron chi connectivity index (χ2n) is 3.82. The summed E-state index contributed by atoms with van der Waals surface area (Å²) in [7, 11) is 0. The van der Waals surface area contributed by atoms with E-state index in [1.54, 1.807) is 18.2 Å². The lowest BCUT2D eigenvalue weighted by molar-refractivity contribution is 0.0991. The molecule has 0 saturated carbocycles. The average Bonchev–Trinajstić information content (AvgIpc) is 2.35. The third-order valence-electron chi connectivity index (χ3n) is 2.53. The van der Waals surface area contributed by atoms with Crippen molar-refractivity contribution in [1.29, 1.82) is 0 Å². The van der Waals surface area contributed by atoms with Crippen molar-refractivity contribution >= 4 is 17.4 Å². The zero-order valence-electron chi connectivity index (χ0n) is 9.29. The Balaban J connectivity index is 2.24. The van der Waals surface area contributed by atoms with Crippen LogP contribution in [0.5, 0.6) is 0 Å². The fraction of sp³-hybridized carbons (Fsp3) is 0.0714. The fourth-order valence-corrected chi connectivity index (χ4v) is 1.81. The van der Waals surface area contributed by atoms with Crippen LogP contribution in [0, 0.1) is 11.6 Å². The van der Waals surface area contributed by atoms with Crippen molar-refractivity contribution in [1.82, 2.24) is 0 Å². The number of carbonyl (C=O) groups excluding carboxylic acids is 1. The van der Waals surface area contributed by atoms with Gasteiger partial charge in [0.2, 0.25) is 0 Å². The quantitative estimate of drug-likeness (QED) is 0.766. The van der Waals surface area contributed by atoms with Crippen LogP contribution in [0.25, 0.3) is 0 Å². The molecule has 4 heteroatoms. The van der Waals surface area contributed by atoms with Crippen LogP contribution in [-0.4, -0.2) is 5.78 Å². The number of benzene rings is 2. The highest BCUT2D eigenvalue weighted by molar-refractivity contribution is 6.31. The molecule has 0 spiro atoms. The van der Waals surface area contributed by atoms with Gasteiger partial charge in [-0.3, -0.25) is 4.79 Å². The molecule has 0 unspecified atom stereocenters. The molecule has 0 atom stereocenters. The van der Waals surface area contributed by atoms with Crippen LogP contribution in [0.4, 0.5) is 8.78 Å². The van der Waals surface area contributed by atoms with Crippen LogP contribution < -0.4 is 0 Å². The lowest BCUT2D eigenvalue weighted by Gasteiger charge is -2.04. The molecular formula is C14H9ClF2O. The van der Waals surface area contributed by atoms with Crippen LogP contribution in [0.3, 0.4) is 0 Å². The number of ketones is 1. The summed E-state index contributed by atoms with van der Waals surface area (Å²) < 4.78 is 26.4. The predicted octanol–water partition coefficient (Wildman–Crippen LogP) is 4.04. The van der Waals surface area contributed by atoms with Gasteiger partial charge in [-0.1, -0.05) is 35.9 Å². The Kier molecular flexibility index (Phi) is 3.72. The first-order valence-electron chi connectivity index (χ1n) is 5.29. The summed E-state index contributed by atoms with van der Waals surface area (Å²) in [4.78, 5) is 11.9. The van der Waals surface area contributed by atoms with Crippen LogP contribution >= 0.6 is 11.6 Å². The second kappa shape index (κ2) is 5.27. The summed E-state index contributed by atoms with van der Waals surface area (Å²) in [5.41, 5.74) is 0.422. The van der Waals surface area contributed by atoms with Gasteiger partial charge in [0.1, 0.15) is 0 Å². The normalized spacial score (nSPS) is 10.4. The van der Waals surface area contributed by atoms with Crippen molar-refractivity contribution in [2.45, 2.75) is 6.42 Å². The number of hydrogen-bond donors (Lipinski definition) is 0. The zero-order valence-corrected chi connectivity index (χ0v) is 10.0. The van der Waals surface area contributed by atoms with Gasteiger partial charge in [0.25, 0.3) is 0 Å². The van der Waals surface area contributed by atoms with E-state index in [0.29, 0.717) is 10.6 Å². The van der Waals surface area contributed by atoms with Gasteiger partial charge < -0.3 is 0 Å². The van der Waals surface area contributed by atoms with Crippen molar-refractivity contribution in [3.63, 3.8) is 0 Å². The van der Waals surface area contributed by atoms with Crippen LogP contribution in [0.2, 0.25) is 5.02 Å². The fourth-order valence-electron chi connectivity index (χ4n) is 1.62. The van der Waals surface area contributed by atoms with Crippen molar-refractivity contribution < 1.29 is 13.6 Å². The maximum atomic E-state index is 13.4. The highest BCUT2D eigenvalue weighted by atomic mass is 35.5. The Bertz CT molecular complexity index is 596. The van der Waals surface area contributed by atoms with Gasteiger partial charge in [0.05, 0.1) is 0 Å². The van der Waals surface area contributed by atoms with E-state index in [0.717, 1.165) is 6.07 Å². The third-order valence-corrected chi connectivity index (χ3v) is 2.76. The van der Waals surface area contributed by atoms with E-state index in [1.165, 1.54) is 18.2 Å². The molecule has 18 heavy (non-hydrogen) atoms. The summed E-state index contributed by atoms with van der Waals surface area (Å²) >= 11 is 5.76. The molecule has 92 valence electrons. The first-order chi connectivity index (χ1) is 8.58. The molecule has 0 saturated heterocycles. The van der Waals surface area contributed by atoms with E-state index in [2.05, 4.69) is 0 Å². The molecule has 0 bridgehead atoms. The summed E-state index contributed by atoms with van der Waals surface area (Å²) in [5.74, 6) is -2.23. The Morgan fingerprint density at radius 2 is 1.83 bits per heavy atom. The molecule has 0 amide bonds. The monoisotopic (exact) mass is 266 g/mol. The lowest BCUT2D eigenvalue weighted by Crippen LogP contribution is -2.06. The van der Waals surface area contributed by atoms with Gasteiger partial charge in [-0.05, 0) is 23.8 Å². The molecule has 2 aromatic rings. The van der Waals surface area contributed by atoms with Crippen molar-refractivity contribution in [2.75, 3.05) is 0 Å².